The van der Waals surface area contributed by atoms with Crippen LogP contribution in [-0.4, -0.2) is 23.1 Å². The van der Waals surface area contributed by atoms with E-state index in [1.807, 2.05) is 0 Å². The minimum absolute atomic E-state index is 0.361. The molecule has 6 nitrogen and oxygen atoms in total. The molecule has 2 aromatic carbocycles. The second-order valence-corrected chi connectivity index (χ2v) is 8.33. The molecule has 0 saturated heterocycles. The molecule has 0 radical (unpaired) electrons. The van der Waals surface area contributed by atoms with Gasteiger partial charge in [-0.1, -0.05) is 60.7 Å². The van der Waals surface area contributed by atoms with E-state index < -0.39 is 26.5 Å². The summed E-state index contributed by atoms with van der Waals surface area (Å²) in [6.45, 7) is 1.23. The van der Waals surface area contributed by atoms with Crippen molar-refractivity contribution in [2.75, 3.05) is 0 Å². The Labute approximate surface area is 142 Å². The first-order valence-corrected chi connectivity index (χ1v) is 10.3. The molecule has 130 valence electrons. The lowest BCUT2D eigenvalue weighted by molar-refractivity contribution is 0.0340. The standard InChI is InChI=1S/C16H18O6S2/c1-14(21-23(17,18)12-15-8-4-2-5-9-15)22-24(19,20)13-16-10-6-3-7-11-16/h2-11,14H,12-13H2,1H3. The van der Waals surface area contributed by atoms with Crippen LogP contribution < -0.4 is 0 Å². The fraction of sp³-hybridized carbons (Fsp3) is 0.250. The molecule has 0 spiro atoms. The SMILES string of the molecule is CC(OS(=O)(=O)Cc1ccccc1)OS(=O)(=O)Cc1ccccc1. The Morgan fingerprint density at radius 1 is 0.708 bits per heavy atom. The van der Waals surface area contributed by atoms with Crippen molar-refractivity contribution in [2.24, 2.45) is 0 Å². The first-order valence-electron chi connectivity index (χ1n) is 7.15. The quantitative estimate of drug-likeness (QED) is 0.524. The van der Waals surface area contributed by atoms with Crippen LogP contribution in [0.3, 0.4) is 0 Å². The monoisotopic (exact) mass is 370 g/mol. The van der Waals surface area contributed by atoms with Crippen molar-refractivity contribution in [3.05, 3.63) is 71.8 Å². The maximum atomic E-state index is 12.0. The van der Waals surface area contributed by atoms with Crippen molar-refractivity contribution >= 4 is 20.2 Å². The Balaban J connectivity index is 1.95. The van der Waals surface area contributed by atoms with E-state index in [0.29, 0.717) is 11.1 Å². The minimum atomic E-state index is -3.97. The average Bonchev–Trinajstić information content (AvgIpc) is 2.46. The lowest BCUT2D eigenvalue weighted by Crippen LogP contribution is -2.23. The van der Waals surface area contributed by atoms with E-state index in [1.165, 1.54) is 6.92 Å². The minimum Gasteiger partial charge on any atom is -0.237 e. The van der Waals surface area contributed by atoms with Gasteiger partial charge in [-0.15, -0.1) is 0 Å². The van der Waals surface area contributed by atoms with Crippen LogP contribution in [0.25, 0.3) is 0 Å². The van der Waals surface area contributed by atoms with E-state index >= 15 is 0 Å². The lowest BCUT2D eigenvalue weighted by Gasteiger charge is -2.14. The number of rotatable bonds is 8. The zero-order valence-corrected chi connectivity index (χ0v) is 14.7. The van der Waals surface area contributed by atoms with E-state index in [1.54, 1.807) is 60.7 Å². The van der Waals surface area contributed by atoms with E-state index in [0.717, 1.165) is 0 Å². The van der Waals surface area contributed by atoms with Crippen LogP contribution in [0, 0.1) is 0 Å². The average molecular weight is 370 g/mol. The van der Waals surface area contributed by atoms with Gasteiger partial charge in [0.1, 0.15) is 11.5 Å². The van der Waals surface area contributed by atoms with Gasteiger partial charge in [0.05, 0.1) is 0 Å². The topological polar surface area (TPSA) is 86.7 Å². The largest absolute Gasteiger partial charge is 0.274 e. The third-order valence-electron chi connectivity index (χ3n) is 2.94. The molecule has 0 aliphatic carbocycles. The summed E-state index contributed by atoms with van der Waals surface area (Å²) in [6.07, 6.45) is -1.44. The summed E-state index contributed by atoms with van der Waals surface area (Å²) in [4.78, 5) is 0. The van der Waals surface area contributed by atoms with Crippen LogP contribution in [0.2, 0.25) is 0 Å². The second-order valence-electron chi connectivity index (χ2n) is 5.14. The smallest absolute Gasteiger partial charge is 0.237 e. The molecule has 0 saturated carbocycles. The predicted molar refractivity (Wildman–Crippen MR) is 89.8 cm³/mol. The van der Waals surface area contributed by atoms with Gasteiger partial charge >= 0.3 is 0 Å². The van der Waals surface area contributed by atoms with Crippen LogP contribution in [0.5, 0.6) is 0 Å². The molecule has 8 heteroatoms. The molecule has 0 atom stereocenters. The van der Waals surface area contributed by atoms with Gasteiger partial charge in [0.15, 0.2) is 6.29 Å². The van der Waals surface area contributed by atoms with Crippen molar-refractivity contribution in [3.63, 3.8) is 0 Å². The van der Waals surface area contributed by atoms with E-state index in [4.69, 9.17) is 8.37 Å². The molecule has 2 aromatic rings. The third kappa shape index (κ3) is 6.40. The normalized spacial score (nSPS) is 12.4. The molecule has 2 rings (SSSR count). The van der Waals surface area contributed by atoms with Gasteiger partial charge in [-0.2, -0.15) is 16.8 Å². The van der Waals surface area contributed by atoms with Gasteiger partial charge in [0.2, 0.25) is 0 Å². The Kier molecular flexibility index (Phi) is 6.11. The van der Waals surface area contributed by atoms with Crippen LogP contribution >= 0.6 is 0 Å². The maximum Gasteiger partial charge on any atom is 0.274 e. The van der Waals surface area contributed by atoms with Crippen molar-refractivity contribution < 1.29 is 25.2 Å². The van der Waals surface area contributed by atoms with Crippen molar-refractivity contribution in [3.8, 4) is 0 Å². The van der Waals surface area contributed by atoms with E-state index in [-0.39, 0.29) is 11.5 Å². The molecule has 0 fully saturated rings. The maximum absolute atomic E-state index is 12.0. The Morgan fingerprint density at radius 3 is 1.38 bits per heavy atom. The summed E-state index contributed by atoms with van der Waals surface area (Å²) in [7, 11) is -7.94. The third-order valence-corrected chi connectivity index (χ3v) is 5.44. The van der Waals surface area contributed by atoms with Gasteiger partial charge in [0.25, 0.3) is 20.2 Å². The number of benzene rings is 2. The summed E-state index contributed by atoms with van der Waals surface area (Å²) in [6, 6.07) is 16.9. The Bertz CT molecular complexity index is 772. The van der Waals surface area contributed by atoms with Gasteiger partial charge in [-0.25, -0.2) is 8.37 Å². The molecule has 0 aliphatic heterocycles. The summed E-state index contributed by atoms with van der Waals surface area (Å²) < 4.78 is 57.4. The zero-order valence-electron chi connectivity index (χ0n) is 13.0. The molecule has 0 aromatic heterocycles. The molecule has 0 heterocycles. The van der Waals surface area contributed by atoms with E-state index in [9.17, 15) is 16.8 Å². The molecule has 24 heavy (non-hydrogen) atoms. The van der Waals surface area contributed by atoms with Crippen LogP contribution in [0.15, 0.2) is 60.7 Å². The Hall–Kier alpha value is -1.74. The number of hydrogen-bond donors (Lipinski definition) is 0. The van der Waals surface area contributed by atoms with Crippen LogP contribution in [0.4, 0.5) is 0 Å². The molecule has 0 aliphatic rings. The lowest BCUT2D eigenvalue weighted by atomic mass is 10.2. The van der Waals surface area contributed by atoms with Crippen LogP contribution in [0.1, 0.15) is 18.1 Å². The van der Waals surface area contributed by atoms with Crippen molar-refractivity contribution in [2.45, 2.75) is 24.7 Å². The van der Waals surface area contributed by atoms with Gasteiger partial charge in [-0.3, -0.25) is 0 Å². The molecular weight excluding hydrogens is 352 g/mol. The fourth-order valence-electron chi connectivity index (χ4n) is 2.05. The highest BCUT2D eigenvalue weighted by atomic mass is 32.2. The van der Waals surface area contributed by atoms with Crippen molar-refractivity contribution in [1.29, 1.82) is 0 Å². The van der Waals surface area contributed by atoms with Crippen molar-refractivity contribution in [1.82, 2.24) is 0 Å². The summed E-state index contributed by atoms with van der Waals surface area (Å²) >= 11 is 0. The van der Waals surface area contributed by atoms with Gasteiger partial charge in [0, 0.05) is 0 Å². The highest BCUT2D eigenvalue weighted by Gasteiger charge is 2.23. The fourth-order valence-corrected chi connectivity index (χ4v) is 4.35. The van der Waals surface area contributed by atoms with Gasteiger partial charge < -0.3 is 0 Å². The first kappa shape index (κ1) is 18.6. The molecular formula is C16H18O6S2. The molecule has 0 N–H and O–H groups in total. The first-order chi connectivity index (χ1) is 11.3. The predicted octanol–water partition coefficient (Wildman–Crippen LogP) is 2.43. The summed E-state index contributed by atoms with van der Waals surface area (Å²) in [5.74, 6) is -0.722. The Morgan fingerprint density at radius 2 is 1.04 bits per heavy atom. The summed E-state index contributed by atoms with van der Waals surface area (Å²) in [5, 5.41) is 0. The van der Waals surface area contributed by atoms with Gasteiger partial charge in [-0.05, 0) is 18.1 Å². The highest BCUT2D eigenvalue weighted by Crippen LogP contribution is 2.14. The molecule has 0 unspecified atom stereocenters. The zero-order chi connectivity index (χ0) is 17.6. The molecule has 0 bridgehead atoms. The molecule has 0 amide bonds. The highest BCUT2D eigenvalue weighted by molar-refractivity contribution is 7.86. The second kappa shape index (κ2) is 7.89. The van der Waals surface area contributed by atoms with E-state index in [2.05, 4.69) is 0 Å². The van der Waals surface area contributed by atoms with Crippen LogP contribution in [-0.2, 0) is 40.1 Å². The number of hydrogen-bond acceptors (Lipinski definition) is 6. The summed E-state index contributed by atoms with van der Waals surface area (Å²) in [5.41, 5.74) is 1.08.